The van der Waals surface area contributed by atoms with Gasteiger partial charge >= 0.3 is 0 Å². The fourth-order valence-corrected chi connectivity index (χ4v) is 2.90. The predicted octanol–water partition coefficient (Wildman–Crippen LogP) is 2.68. The summed E-state index contributed by atoms with van der Waals surface area (Å²) in [5.41, 5.74) is 0.489. The molecule has 1 fully saturated rings. The van der Waals surface area contributed by atoms with Crippen LogP contribution in [-0.2, 0) is 6.42 Å². The first-order valence-corrected chi connectivity index (χ1v) is 5.96. The molecule has 1 aromatic heterocycles. The molecule has 0 bridgehead atoms. The van der Waals surface area contributed by atoms with Crippen LogP contribution in [0.3, 0.4) is 0 Å². The maximum Gasteiger partial charge on any atom is 0.274 e. The lowest BCUT2D eigenvalue weighted by atomic mass is 10.2. The number of nitrogens with one attached hydrogen (secondary N) is 1. The van der Waals surface area contributed by atoms with Crippen molar-refractivity contribution in [2.45, 2.75) is 38.7 Å². The zero-order valence-electron chi connectivity index (χ0n) is 8.59. The summed E-state index contributed by atoms with van der Waals surface area (Å²) in [7, 11) is 0. The van der Waals surface area contributed by atoms with E-state index >= 15 is 0 Å². The Morgan fingerprint density at radius 1 is 1.60 bits per heavy atom. The number of hydrogen-bond acceptors (Lipinski definition) is 3. The van der Waals surface area contributed by atoms with Crippen LogP contribution in [0.5, 0.6) is 0 Å². The van der Waals surface area contributed by atoms with Crippen molar-refractivity contribution < 1.29 is 8.78 Å². The van der Waals surface area contributed by atoms with Crippen LogP contribution in [0.4, 0.5) is 8.78 Å². The Balaban J connectivity index is 2.05. The van der Waals surface area contributed by atoms with E-state index in [9.17, 15) is 8.78 Å². The standard InChI is InChI=1S/C10H14F2N2S/c1-6-9(10(11)12)15-8(14-6)5-7-3-2-4-13-7/h7,10,13H,2-5H2,1H3. The van der Waals surface area contributed by atoms with Crippen LogP contribution in [0, 0.1) is 6.92 Å². The van der Waals surface area contributed by atoms with Gasteiger partial charge in [0.2, 0.25) is 0 Å². The minimum atomic E-state index is -2.38. The molecule has 1 aromatic rings. The largest absolute Gasteiger partial charge is 0.314 e. The average Bonchev–Trinajstić information content (AvgIpc) is 2.75. The Hall–Kier alpha value is -0.550. The van der Waals surface area contributed by atoms with E-state index in [2.05, 4.69) is 10.3 Å². The van der Waals surface area contributed by atoms with Crippen LogP contribution in [0.15, 0.2) is 0 Å². The summed E-state index contributed by atoms with van der Waals surface area (Å²) in [6.07, 6.45) is 0.713. The molecule has 2 heterocycles. The van der Waals surface area contributed by atoms with Crippen molar-refractivity contribution in [3.8, 4) is 0 Å². The first-order valence-electron chi connectivity index (χ1n) is 5.14. The highest BCUT2D eigenvalue weighted by molar-refractivity contribution is 7.11. The lowest BCUT2D eigenvalue weighted by molar-refractivity contribution is 0.154. The second kappa shape index (κ2) is 4.53. The molecule has 84 valence electrons. The molecule has 1 unspecified atom stereocenters. The zero-order valence-corrected chi connectivity index (χ0v) is 9.41. The summed E-state index contributed by atoms with van der Waals surface area (Å²) in [5.74, 6) is 0. The lowest BCUT2D eigenvalue weighted by Gasteiger charge is -2.06. The predicted molar refractivity (Wildman–Crippen MR) is 56.5 cm³/mol. The maximum absolute atomic E-state index is 12.5. The van der Waals surface area contributed by atoms with E-state index in [1.54, 1.807) is 6.92 Å². The Morgan fingerprint density at radius 3 is 2.93 bits per heavy atom. The molecule has 2 rings (SSSR count). The van der Waals surface area contributed by atoms with Gasteiger partial charge in [-0.15, -0.1) is 11.3 Å². The normalized spacial score (nSPS) is 21.5. The molecular weight excluding hydrogens is 218 g/mol. The number of thiazole rings is 1. The molecule has 0 aromatic carbocycles. The van der Waals surface area contributed by atoms with Crippen molar-refractivity contribution >= 4 is 11.3 Å². The van der Waals surface area contributed by atoms with Gasteiger partial charge in [0.15, 0.2) is 0 Å². The van der Waals surface area contributed by atoms with Gasteiger partial charge in [0.1, 0.15) is 0 Å². The van der Waals surface area contributed by atoms with E-state index < -0.39 is 6.43 Å². The van der Waals surface area contributed by atoms with Crippen molar-refractivity contribution in [3.05, 3.63) is 15.6 Å². The minimum absolute atomic E-state index is 0.128. The summed E-state index contributed by atoms with van der Waals surface area (Å²) in [6, 6.07) is 0.432. The summed E-state index contributed by atoms with van der Waals surface area (Å²) in [4.78, 5) is 4.32. The Bertz CT molecular complexity index is 332. The second-order valence-corrected chi connectivity index (χ2v) is 4.97. The molecule has 1 N–H and O–H groups in total. The molecule has 0 radical (unpaired) electrons. The van der Waals surface area contributed by atoms with Crippen molar-refractivity contribution in [1.82, 2.24) is 10.3 Å². The average molecular weight is 232 g/mol. The molecule has 1 aliphatic rings. The van der Waals surface area contributed by atoms with E-state index in [-0.39, 0.29) is 4.88 Å². The molecule has 2 nitrogen and oxygen atoms in total. The van der Waals surface area contributed by atoms with Crippen LogP contribution in [-0.4, -0.2) is 17.6 Å². The van der Waals surface area contributed by atoms with Crippen LogP contribution in [0.1, 0.15) is 34.8 Å². The third-order valence-electron chi connectivity index (χ3n) is 2.66. The third-order valence-corrected chi connectivity index (χ3v) is 3.85. The lowest BCUT2D eigenvalue weighted by Crippen LogP contribution is -2.23. The third kappa shape index (κ3) is 2.52. The van der Waals surface area contributed by atoms with E-state index in [4.69, 9.17) is 0 Å². The molecule has 1 atom stereocenters. The maximum atomic E-state index is 12.5. The molecule has 0 aliphatic carbocycles. The van der Waals surface area contributed by atoms with Gasteiger partial charge in [-0.2, -0.15) is 0 Å². The number of halogens is 2. The van der Waals surface area contributed by atoms with E-state index in [0.29, 0.717) is 11.7 Å². The number of alkyl halides is 2. The first kappa shape index (κ1) is 11.0. The topological polar surface area (TPSA) is 24.9 Å². The second-order valence-electron chi connectivity index (χ2n) is 3.86. The van der Waals surface area contributed by atoms with E-state index in [0.717, 1.165) is 35.7 Å². The van der Waals surface area contributed by atoms with Gasteiger partial charge in [0.25, 0.3) is 6.43 Å². The number of nitrogens with zero attached hydrogens (tertiary/aromatic N) is 1. The highest BCUT2D eigenvalue weighted by Crippen LogP contribution is 2.29. The summed E-state index contributed by atoms with van der Waals surface area (Å²) in [6.45, 7) is 2.69. The molecule has 0 spiro atoms. The first-order chi connectivity index (χ1) is 7.16. The van der Waals surface area contributed by atoms with E-state index in [1.807, 2.05) is 0 Å². The van der Waals surface area contributed by atoms with E-state index in [1.165, 1.54) is 6.42 Å². The summed E-state index contributed by atoms with van der Waals surface area (Å²) in [5, 5.41) is 4.18. The van der Waals surface area contributed by atoms with Gasteiger partial charge in [-0.1, -0.05) is 0 Å². The highest BCUT2D eigenvalue weighted by Gasteiger charge is 2.20. The van der Waals surface area contributed by atoms with Crippen LogP contribution in [0.25, 0.3) is 0 Å². The fourth-order valence-electron chi connectivity index (χ4n) is 1.90. The quantitative estimate of drug-likeness (QED) is 0.866. The number of aromatic nitrogens is 1. The molecule has 1 saturated heterocycles. The number of rotatable bonds is 3. The molecule has 0 saturated carbocycles. The Labute approximate surface area is 91.7 Å². The molecule has 1 aliphatic heterocycles. The van der Waals surface area contributed by atoms with Gasteiger partial charge in [-0.3, -0.25) is 0 Å². The molecule has 15 heavy (non-hydrogen) atoms. The summed E-state index contributed by atoms with van der Waals surface area (Å²) < 4.78 is 25.0. The van der Waals surface area contributed by atoms with Gasteiger partial charge in [-0.25, -0.2) is 13.8 Å². The van der Waals surface area contributed by atoms with Gasteiger partial charge in [-0.05, 0) is 26.3 Å². The van der Waals surface area contributed by atoms with Crippen molar-refractivity contribution in [2.75, 3.05) is 6.54 Å². The van der Waals surface area contributed by atoms with Gasteiger partial charge in [0, 0.05) is 12.5 Å². The van der Waals surface area contributed by atoms with Gasteiger partial charge in [0.05, 0.1) is 15.6 Å². The molecule has 0 amide bonds. The smallest absolute Gasteiger partial charge is 0.274 e. The Morgan fingerprint density at radius 2 is 2.40 bits per heavy atom. The highest BCUT2D eigenvalue weighted by atomic mass is 32.1. The minimum Gasteiger partial charge on any atom is -0.314 e. The monoisotopic (exact) mass is 232 g/mol. The van der Waals surface area contributed by atoms with Crippen LogP contribution < -0.4 is 5.32 Å². The summed E-state index contributed by atoms with van der Waals surface area (Å²) >= 11 is 1.15. The fraction of sp³-hybridized carbons (Fsp3) is 0.700. The van der Waals surface area contributed by atoms with Crippen molar-refractivity contribution in [3.63, 3.8) is 0 Å². The van der Waals surface area contributed by atoms with Crippen LogP contribution >= 0.6 is 11.3 Å². The van der Waals surface area contributed by atoms with Crippen molar-refractivity contribution in [1.29, 1.82) is 0 Å². The molecular formula is C10H14F2N2S. The number of aryl methyl sites for hydroxylation is 1. The SMILES string of the molecule is Cc1nc(CC2CCCN2)sc1C(F)F. The van der Waals surface area contributed by atoms with Gasteiger partial charge < -0.3 is 5.32 Å². The van der Waals surface area contributed by atoms with Crippen molar-refractivity contribution in [2.24, 2.45) is 0 Å². The Kier molecular flexibility index (Phi) is 3.31. The zero-order chi connectivity index (χ0) is 10.8. The molecule has 5 heteroatoms. The van der Waals surface area contributed by atoms with Crippen LogP contribution in [0.2, 0.25) is 0 Å². The number of hydrogen-bond donors (Lipinski definition) is 1.